The highest BCUT2D eigenvalue weighted by atomic mass is 16.5. The Morgan fingerprint density at radius 2 is 1.86 bits per heavy atom. The smallest absolute Gasteiger partial charge is 0.251 e. The van der Waals surface area contributed by atoms with E-state index in [1.807, 2.05) is 45.0 Å². The SMILES string of the molecule is C=CC1(C)Cc2cc(C(=O)CCc3c(C)cc(C)[nH]c3=O)cc(-c3ccc(N4CCNCC4)cc3)c2O1. The van der Waals surface area contributed by atoms with Crippen molar-refractivity contribution < 1.29 is 9.53 Å². The molecule has 1 atom stereocenters. The van der Waals surface area contributed by atoms with Gasteiger partial charge in [0.2, 0.25) is 0 Å². The monoisotopic (exact) mass is 497 g/mol. The number of piperazine rings is 1. The first kappa shape index (κ1) is 25.0. The van der Waals surface area contributed by atoms with E-state index in [4.69, 9.17) is 4.74 Å². The molecule has 1 aromatic heterocycles. The molecule has 6 heteroatoms. The van der Waals surface area contributed by atoms with Crippen LogP contribution in [0.3, 0.4) is 0 Å². The first-order valence-corrected chi connectivity index (χ1v) is 13.0. The number of anilines is 1. The fourth-order valence-electron chi connectivity index (χ4n) is 5.43. The minimum atomic E-state index is -0.508. The van der Waals surface area contributed by atoms with E-state index < -0.39 is 5.60 Å². The topological polar surface area (TPSA) is 74.4 Å². The van der Waals surface area contributed by atoms with Crippen molar-refractivity contribution in [2.24, 2.45) is 0 Å². The number of fused-ring (bicyclic) bond motifs is 1. The summed E-state index contributed by atoms with van der Waals surface area (Å²) in [6.45, 7) is 13.7. The largest absolute Gasteiger partial charge is 0.482 e. The Morgan fingerprint density at radius 1 is 1.14 bits per heavy atom. The maximum Gasteiger partial charge on any atom is 0.251 e. The molecule has 6 nitrogen and oxygen atoms in total. The summed E-state index contributed by atoms with van der Waals surface area (Å²) in [5.41, 5.74) is 6.60. The second-order valence-electron chi connectivity index (χ2n) is 10.5. The number of aromatic amines is 1. The molecule has 2 aliphatic heterocycles. The molecular formula is C31H35N3O3. The molecule has 0 amide bonds. The van der Waals surface area contributed by atoms with E-state index in [0.717, 1.165) is 59.9 Å². The van der Waals surface area contributed by atoms with Crippen molar-refractivity contribution in [1.29, 1.82) is 0 Å². The Kier molecular flexibility index (Phi) is 6.78. The summed E-state index contributed by atoms with van der Waals surface area (Å²) in [4.78, 5) is 31.1. The fraction of sp³-hybridized carbons (Fsp3) is 0.355. The van der Waals surface area contributed by atoms with Crippen molar-refractivity contribution in [3.63, 3.8) is 0 Å². The number of nitrogens with zero attached hydrogens (tertiary/aromatic N) is 1. The lowest BCUT2D eigenvalue weighted by atomic mass is 9.92. The number of hydrogen-bond acceptors (Lipinski definition) is 5. The third-order valence-electron chi connectivity index (χ3n) is 7.55. The Hall–Kier alpha value is -3.64. The average Bonchev–Trinajstić information content (AvgIpc) is 3.25. The summed E-state index contributed by atoms with van der Waals surface area (Å²) in [6.07, 6.45) is 3.17. The Morgan fingerprint density at radius 3 is 2.54 bits per heavy atom. The molecule has 0 aliphatic carbocycles. The zero-order chi connectivity index (χ0) is 26.2. The van der Waals surface area contributed by atoms with Crippen LogP contribution in [0.5, 0.6) is 5.75 Å². The molecule has 1 unspecified atom stereocenters. The summed E-state index contributed by atoms with van der Waals surface area (Å²) in [5, 5.41) is 3.39. The number of carbonyl (C=O) groups excluding carboxylic acids is 1. The minimum Gasteiger partial charge on any atom is -0.482 e. The molecule has 0 spiro atoms. The van der Waals surface area contributed by atoms with Gasteiger partial charge in [-0.25, -0.2) is 0 Å². The molecule has 37 heavy (non-hydrogen) atoms. The van der Waals surface area contributed by atoms with E-state index >= 15 is 0 Å². The third-order valence-corrected chi connectivity index (χ3v) is 7.55. The Balaban J connectivity index is 1.46. The van der Waals surface area contributed by atoms with Crippen molar-refractivity contribution in [3.8, 4) is 16.9 Å². The van der Waals surface area contributed by atoms with Crippen LogP contribution >= 0.6 is 0 Å². The minimum absolute atomic E-state index is 0.0214. The van der Waals surface area contributed by atoms with Gasteiger partial charge < -0.3 is 19.9 Å². The van der Waals surface area contributed by atoms with E-state index in [-0.39, 0.29) is 17.8 Å². The maximum atomic E-state index is 13.4. The van der Waals surface area contributed by atoms with Crippen molar-refractivity contribution in [1.82, 2.24) is 10.3 Å². The van der Waals surface area contributed by atoms with Gasteiger partial charge in [0.15, 0.2) is 5.78 Å². The van der Waals surface area contributed by atoms with Crippen LogP contribution in [0.15, 0.2) is 59.9 Å². The molecule has 1 saturated heterocycles. The number of ether oxygens (including phenoxy) is 1. The first-order valence-electron chi connectivity index (χ1n) is 13.0. The van der Waals surface area contributed by atoms with Crippen LogP contribution in [-0.4, -0.2) is 42.5 Å². The standard InChI is InChI=1S/C31H35N3O3/c1-5-31(4)19-24-17-23(28(35)11-10-26-20(2)16-21(3)33-30(26)36)18-27(29(24)37-31)22-6-8-25(9-7-22)34-14-12-32-13-15-34/h5-9,16-18,32H,1,10-15,19H2,2-4H3,(H,33,36). The molecule has 1 fully saturated rings. The quantitative estimate of drug-likeness (QED) is 0.364. The number of hydrogen-bond donors (Lipinski definition) is 2. The molecule has 2 aliphatic rings. The van der Waals surface area contributed by atoms with E-state index in [1.54, 1.807) is 0 Å². The lowest BCUT2D eigenvalue weighted by Gasteiger charge is -2.29. The van der Waals surface area contributed by atoms with Crippen LogP contribution in [0.1, 0.15) is 46.1 Å². The molecule has 0 saturated carbocycles. The summed E-state index contributed by atoms with van der Waals surface area (Å²) in [6, 6.07) is 14.4. The molecule has 2 aromatic carbocycles. The highest BCUT2D eigenvalue weighted by molar-refractivity contribution is 5.98. The van der Waals surface area contributed by atoms with E-state index in [0.29, 0.717) is 24.0 Å². The summed E-state index contributed by atoms with van der Waals surface area (Å²) in [5.74, 6) is 0.841. The Labute approximate surface area is 218 Å². The fourth-order valence-corrected chi connectivity index (χ4v) is 5.43. The maximum absolute atomic E-state index is 13.4. The zero-order valence-electron chi connectivity index (χ0n) is 21.9. The van der Waals surface area contributed by atoms with Gasteiger partial charge in [-0.05, 0) is 80.3 Å². The normalized spacial score (nSPS) is 18.8. The lowest BCUT2D eigenvalue weighted by molar-refractivity contribution is 0.0982. The third kappa shape index (κ3) is 5.12. The van der Waals surface area contributed by atoms with Gasteiger partial charge in [0.05, 0.1) is 0 Å². The summed E-state index contributed by atoms with van der Waals surface area (Å²) in [7, 11) is 0. The highest BCUT2D eigenvalue weighted by Gasteiger charge is 2.34. The van der Waals surface area contributed by atoms with Crippen molar-refractivity contribution in [2.45, 2.75) is 45.6 Å². The summed E-state index contributed by atoms with van der Waals surface area (Å²) < 4.78 is 6.39. The number of benzene rings is 2. The number of ketones is 1. The predicted octanol–water partition coefficient (Wildman–Crippen LogP) is 4.76. The number of aromatic nitrogens is 1. The number of aryl methyl sites for hydroxylation is 2. The van der Waals surface area contributed by atoms with Crippen molar-refractivity contribution >= 4 is 11.5 Å². The van der Waals surface area contributed by atoms with Gasteiger partial charge in [0.25, 0.3) is 5.56 Å². The van der Waals surface area contributed by atoms with Gasteiger partial charge in [0.1, 0.15) is 11.4 Å². The van der Waals surface area contributed by atoms with Crippen LogP contribution < -0.4 is 20.5 Å². The molecule has 5 rings (SSSR count). The molecule has 0 radical (unpaired) electrons. The average molecular weight is 498 g/mol. The molecule has 3 heterocycles. The van der Waals surface area contributed by atoms with E-state index in [1.165, 1.54) is 5.69 Å². The van der Waals surface area contributed by atoms with E-state index in [2.05, 4.69) is 46.0 Å². The van der Waals surface area contributed by atoms with E-state index in [9.17, 15) is 9.59 Å². The predicted molar refractivity (Wildman–Crippen MR) is 149 cm³/mol. The molecule has 0 bridgehead atoms. The number of rotatable bonds is 7. The molecule has 2 N–H and O–H groups in total. The van der Waals surface area contributed by atoms with Gasteiger partial charge in [-0.15, -0.1) is 0 Å². The van der Waals surface area contributed by atoms with Gasteiger partial charge >= 0.3 is 0 Å². The molecular weight excluding hydrogens is 462 g/mol. The van der Waals surface area contributed by atoms with Gasteiger partial charge in [-0.2, -0.15) is 0 Å². The van der Waals surface area contributed by atoms with Crippen molar-refractivity contribution in [3.05, 3.63) is 93.4 Å². The summed E-state index contributed by atoms with van der Waals surface area (Å²) >= 11 is 0. The van der Waals surface area contributed by atoms with Crippen LogP contribution in [0.2, 0.25) is 0 Å². The number of Topliss-reactive ketones (excluding diaryl/α,β-unsaturated/α-hetero) is 1. The number of carbonyl (C=O) groups is 1. The first-order chi connectivity index (χ1) is 17.8. The highest BCUT2D eigenvalue weighted by Crippen LogP contribution is 2.44. The van der Waals surface area contributed by atoms with Gasteiger partial charge in [-0.3, -0.25) is 9.59 Å². The lowest BCUT2D eigenvalue weighted by Crippen LogP contribution is -2.43. The number of H-pyrrole nitrogens is 1. The van der Waals surface area contributed by atoms with Crippen LogP contribution in [0, 0.1) is 13.8 Å². The van der Waals surface area contributed by atoms with Crippen LogP contribution in [0.4, 0.5) is 5.69 Å². The van der Waals surface area contributed by atoms with Gasteiger partial charge in [0, 0.05) is 67.1 Å². The second-order valence-corrected chi connectivity index (χ2v) is 10.5. The molecule has 3 aromatic rings. The van der Waals surface area contributed by atoms with Crippen molar-refractivity contribution in [2.75, 3.05) is 31.1 Å². The van der Waals surface area contributed by atoms with Gasteiger partial charge in [-0.1, -0.05) is 18.7 Å². The molecule has 192 valence electrons. The van der Waals surface area contributed by atoms with Crippen LogP contribution in [0.25, 0.3) is 11.1 Å². The second kappa shape index (κ2) is 10.0. The zero-order valence-corrected chi connectivity index (χ0v) is 21.9. The Bertz CT molecular complexity index is 1400. The van der Waals surface area contributed by atoms with Crippen LogP contribution in [-0.2, 0) is 12.8 Å². The number of pyridine rings is 1. The number of nitrogens with one attached hydrogen (secondary N) is 2.